The zero-order chi connectivity index (χ0) is 14.4. The van der Waals surface area contributed by atoms with Crippen molar-refractivity contribution in [1.29, 1.82) is 0 Å². The molecule has 104 valence electrons. The first-order chi connectivity index (χ1) is 8.75. The summed E-state index contributed by atoms with van der Waals surface area (Å²) in [6.45, 7) is 3.57. The van der Waals surface area contributed by atoms with E-state index in [1.807, 2.05) is 6.92 Å². The molecule has 0 spiro atoms. The van der Waals surface area contributed by atoms with Gasteiger partial charge in [0.15, 0.2) is 9.84 Å². The zero-order valence-electron chi connectivity index (χ0n) is 11.0. The Hall–Kier alpha value is -1.43. The monoisotopic (exact) mass is 284 g/mol. The van der Waals surface area contributed by atoms with Crippen LogP contribution in [0.2, 0.25) is 0 Å². The number of sulfone groups is 1. The zero-order valence-corrected chi connectivity index (χ0v) is 11.9. The Morgan fingerprint density at radius 2 is 1.79 bits per heavy atom. The maximum Gasteiger partial charge on any atom is 0.346 e. The van der Waals surface area contributed by atoms with E-state index in [0.29, 0.717) is 6.42 Å². The molecule has 3 unspecified atom stereocenters. The fraction of sp³-hybridized carbons (Fsp3) is 0.538. The molecule has 1 aliphatic carbocycles. The number of carbonyl (C=O) groups excluding carboxylic acids is 2. The molecule has 0 aromatic carbocycles. The summed E-state index contributed by atoms with van der Waals surface area (Å²) in [5.41, 5.74) is 0.411. The number of carbonyl (C=O) groups is 2. The Labute approximate surface area is 112 Å². The van der Waals surface area contributed by atoms with Gasteiger partial charge in [0.25, 0.3) is 0 Å². The molecule has 0 aromatic heterocycles. The molecule has 1 aliphatic heterocycles. The highest BCUT2D eigenvalue weighted by molar-refractivity contribution is 7.91. The van der Waals surface area contributed by atoms with E-state index in [1.54, 1.807) is 13.0 Å². The van der Waals surface area contributed by atoms with Gasteiger partial charge in [-0.1, -0.05) is 19.1 Å². The lowest BCUT2D eigenvalue weighted by Crippen LogP contribution is -2.44. The number of cyclic esters (lactones) is 2. The molecule has 1 saturated heterocycles. The number of rotatable bonds is 2. The summed E-state index contributed by atoms with van der Waals surface area (Å²) in [7, 11) is -3.15. The van der Waals surface area contributed by atoms with Crippen LogP contribution >= 0.6 is 0 Å². The first-order valence-corrected chi connectivity index (χ1v) is 8.05. The van der Waals surface area contributed by atoms with Gasteiger partial charge in [0.1, 0.15) is 0 Å². The molecule has 0 aromatic rings. The second-order valence-corrected chi connectivity index (χ2v) is 7.38. The van der Waals surface area contributed by atoms with Crippen molar-refractivity contribution in [2.24, 2.45) is 11.8 Å². The number of hydrogen-bond acceptors (Lipinski definition) is 5. The molecule has 2 rings (SSSR count). The van der Waals surface area contributed by atoms with Gasteiger partial charge in [-0.05, 0) is 25.2 Å². The molecule has 2 aliphatic rings. The van der Waals surface area contributed by atoms with Crippen LogP contribution in [0.25, 0.3) is 0 Å². The predicted molar refractivity (Wildman–Crippen MR) is 68.8 cm³/mol. The summed E-state index contributed by atoms with van der Waals surface area (Å²) >= 11 is 0. The minimum atomic E-state index is -3.15. The van der Waals surface area contributed by atoms with Crippen LogP contribution in [0.15, 0.2) is 23.3 Å². The highest BCUT2D eigenvalue weighted by atomic mass is 32.2. The Balaban J connectivity index is 2.35. The Bertz CT molecular complexity index is 597. The van der Waals surface area contributed by atoms with Crippen molar-refractivity contribution in [2.45, 2.75) is 25.5 Å². The minimum absolute atomic E-state index is 0.175. The second kappa shape index (κ2) is 4.59. The summed E-state index contributed by atoms with van der Waals surface area (Å²) in [5, 5.41) is -0.475. The quantitative estimate of drug-likeness (QED) is 0.429. The predicted octanol–water partition coefficient (Wildman–Crippen LogP) is 1.01. The number of hydrogen-bond donors (Lipinski definition) is 0. The van der Waals surface area contributed by atoms with Crippen LogP contribution in [0.4, 0.5) is 0 Å². The summed E-state index contributed by atoms with van der Waals surface area (Å²) in [4.78, 5) is 23.0. The average molecular weight is 284 g/mol. The van der Waals surface area contributed by atoms with Crippen LogP contribution in [0, 0.1) is 11.8 Å². The van der Waals surface area contributed by atoms with E-state index < -0.39 is 27.0 Å². The van der Waals surface area contributed by atoms with Crippen LogP contribution in [-0.2, 0) is 24.2 Å². The van der Waals surface area contributed by atoms with Crippen LogP contribution < -0.4 is 0 Å². The molecule has 0 N–H and O–H groups in total. The minimum Gasteiger partial charge on any atom is -0.386 e. The highest BCUT2D eigenvalue weighted by Crippen LogP contribution is 2.41. The van der Waals surface area contributed by atoms with Crippen LogP contribution in [0.3, 0.4) is 0 Å². The molecule has 0 radical (unpaired) electrons. The Morgan fingerprint density at radius 1 is 1.21 bits per heavy atom. The average Bonchev–Trinajstić information content (AvgIpc) is 2.55. The van der Waals surface area contributed by atoms with Gasteiger partial charge in [0.05, 0.1) is 16.4 Å². The van der Waals surface area contributed by atoms with Crippen molar-refractivity contribution < 1.29 is 22.7 Å². The first kappa shape index (κ1) is 14.0. The fourth-order valence-corrected chi connectivity index (χ4v) is 4.19. The highest BCUT2D eigenvalue weighted by Gasteiger charge is 2.45. The molecule has 2 fully saturated rings. The van der Waals surface area contributed by atoms with Crippen molar-refractivity contribution in [2.75, 3.05) is 6.26 Å². The van der Waals surface area contributed by atoms with Crippen molar-refractivity contribution in [1.82, 2.24) is 0 Å². The van der Waals surface area contributed by atoms with E-state index in [2.05, 4.69) is 4.74 Å². The molecule has 19 heavy (non-hydrogen) atoms. The van der Waals surface area contributed by atoms with Crippen LogP contribution in [0.5, 0.6) is 0 Å². The molecule has 0 amide bonds. The van der Waals surface area contributed by atoms with Gasteiger partial charge in [0, 0.05) is 6.26 Å². The van der Waals surface area contributed by atoms with E-state index in [0.717, 1.165) is 0 Å². The molecular weight excluding hydrogens is 268 g/mol. The summed E-state index contributed by atoms with van der Waals surface area (Å²) < 4.78 is 27.8. The fourth-order valence-electron chi connectivity index (χ4n) is 2.62. The molecule has 3 atom stereocenters. The number of esters is 2. The lowest BCUT2D eigenvalue weighted by molar-refractivity contribution is -0.149. The number of ether oxygens (including phenoxy) is 1. The summed E-state index contributed by atoms with van der Waals surface area (Å²) in [6.07, 6.45) is 4.88. The van der Waals surface area contributed by atoms with Crippen LogP contribution in [0.1, 0.15) is 20.3 Å². The van der Waals surface area contributed by atoms with E-state index in [9.17, 15) is 18.0 Å². The Kier molecular flexibility index (Phi) is 3.38. The van der Waals surface area contributed by atoms with Gasteiger partial charge in [-0.3, -0.25) is 0 Å². The first-order valence-electron chi connectivity index (χ1n) is 6.09. The molecule has 1 heterocycles. The summed E-state index contributed by atoms with van der Waals surface area (Å²) in [5.74, 6) is -1.42. The maximum absolute atomic E-state index is 11.6. The SMILES string of the molecule is C/C=C1/C(=O)OC(=O)/C1=C/C1C(C)CC1S(C)(=O)=O. The van der Waals surface area contributed by atoms with Gasteiger partial charge in [-0.25, -0.2) is 18.0 Å². The van der Waals surface area contributed by atoms with E-state index in [-0.39, 0.29) is 23.0 Å². The maximum atomic E-state index is 11.6. The van der Waals surface area contributed by atoms with Crippen molar-refractivity contribution >= 4 is 21.8 Å². The molecule has 6 heteroatoms. The third-order valence-corrected chi connectivity index (χ3v) is 5.41. The third kappa shape index (κ3) is 2.36. The summed E-state index contributed by atoms with van der Waals surface area (Å²) in [6, 6.07) is 0. The van der Waals surface area contributed by atoms with Gasteiger partial charge in [-0.15, -0.1) is 0 Å². The van der Waals surface area contributed by atoms with E-state index in [4.69, 9.17) is 0 Å². The van der Waals surface area contributed by atoms with Crippen molar-refractivity contribution in [3.05, 3.63) is 23.3 Å². The van der Waals surface area contributed by atoms with E-state index in [1.165, 1.54) is 12.3 Å². The van der Waals surface area contributed by atoms with Crippen LogP contribution in [-0.4, -0.2) is 31.9 Å². The molecule has 1 saturated carbocycles. The topological polar surface area (TPSA) is 77.5 Å². The standard InChI is InChI=1S/C13H16O5S/c1-4-8-10(13(15)18-12(8)14)6-9-7(2)5-11(9)19(3,16)17/h4,6-7,9,11H,5H2,1-3H3/b8-4+,10-6+. The van der Waals surface area contributed by atoms with Gasteiger partial charge in [-0.2, -0.15) is 0 Å². The second-order valence-electron chi connectivity index (χ2n) is 5.12. The number of allylic oxidation sites excluding steroid dienone is 2. The largest absolute Gasteiger partial charge is 0.386 e. The third-order valence-electron chi connectivity index (χ3n) is 3.80. The lowest BCUT2D eigenvalue weighted by Gasteiger charge is -2.40. The van der Waals surface area contributed by atoms with Gasteiger partial charge < -0.3 is 4.74 Å². The molecule has 5 nitrogen and oxygen atoms in total. The van der Waals surface area contributed by atoms with Gasteiger partial charge >= 0.3 is 11.9 Å². The van der Waals surface area contributed by atoms with Crippen molar-refractivity contribution in [3.63, 3.8) is 0 Å². The van der Waals surface area contributed by atoms with Gasteiger partial charge in [0.2, 0.25) is 0 Å². The molecular formula is C13H16O5S. The lowest BCUT2D eigenvalue weighted by atomic mass is 9.73. The molecule has 0 bridgehead atoms. The Morgan fingerprint density at radius 3 is 2.26 bits per heavy atom. The smallest absolute Gasteiger partial charge is 0.346 e. The van der Waals surface area contributed by atoms with Crippen molar-refractivity contribution in [3.8, 4) is 0 Å². The normalized spacial score (nSPS) is 35.6. The van der Waals surface area contributed by atoms with E-state index >= 15 is 0 Å².